The molecule has 0 spiro atoms. The van der Waals surface area contributed by atoms with Gasteiger partial charge in [0, 0.05) is 43.9 Å². The van der Waals surface area contributed by atoms with Gasteiger partial charge >= 0.3 is 5.97 Å². The fraction of sp³-hybridized carbons (Fsp3) is 0.286. The van der Waals surface area contributed by atoms with Gasteiger partial charge in [0.1, 0.15) is 0 Å². The van der Waals surface area contributed by atoms with Gasteiger partial charge in [0.25, 0.3) is 0 Å². The van der Waals surface area contributed by atoms with Gasteiger partial charge in [-0.05, 0) is 17.7 Å². The van der Waals surface area contributed by atoms with E-state index in [2.05, 4.69) is 19.9 Å². The highest BCUT2D eigenvalue weighted by molar-refractivity contribution is 5.77. The lowest BCUT2D eigenvalue weighted by atomic mass is 10.2. The first kappa shape index (κ1) is 20.2. The molecule has 0 atom stereocenters. The molecule has 0 fully saturated rings. The van der Waals surface area contributed by atoms with Crippen LogP contribution in [0, 0.1) is 0 Å². The van der Waals surface area contributed by atoms with Gasteiger partial charge < -0.3 is 14.2 Å². The number of nitrogens with zero attached hydrogens (tertiary/aromatic N) is 4. The molecular formula is C21H22N4O4. The zero-order chi connectivity index (χ0) is 20.5. The van der Waals surface area contributed by atoms with Gasteiger partial charge in [0.15, 0.2) is 0 Å². The summed E-state index contributed by atoms with van der Waals surface area (Å²) in [5.41, 5.74) is 1.74. The van der Waals surface area contributed by atoms with Gasteiger partial charge in [-0.2, -0.15) is 4.98 Å². The van der Waals surface area contributed by atoms with E-state index in [9.17, 15) is 9.59 Å². The number of hydrogen-bond donors (Lipinski definition) is 0. The third kappa shape index (κ3) is 5.97. The molecule has 1 amide bonds. The van der Waals surface area contributed by atoms with Crippen LogP contribution < -0.4 is 0 Å². The Labute approximate surface area is 168 Å². The van der Waals surface area contributed by atoms with Crippen LogP contribution in [0.15, 0.2) is 59.4 Å². The largest absolute Gasteiger partial charge is 0.469 e. The average Bonchev–Trinajstić information content (AvgIpc) is 3.25. The highest BCUT2D eigenvalue weighted by Gasteiger charge is 2.18. The molecule has 3 rings (SSSR count). The average molecular weight is 394 g/mol. The van der Waals surface area contributed by atoms with Crippen molar-refractivity contribution >= 4 is 11.9 Å². The second-order valence-corrected chi connectivity index (χ2v) is 6.38. The molecule has 0 aliphatic rings. The second-order valence-electron chi connectivity index (χ2n) is 6.38. The van der Waals surface area contributed by atoms with Crippen LogP contribution in [0.1, 0.15) is 24.3 Å². The molecule has 29 heavy (non-hydrogen) atoms. The van der Waals surface area contributed by atoms with E-state index in [0.29, 0.717) is 24.7 Å². The van der Waals surface area contributed by atoms with Gasteiger partial charge in [-0.25, -0.2) is 0 Å². The maximum absolute atomic E-state index is 12.8. The molecule has 8 nitrogen and oxygen atoms in total. The van der Waals surface area contributed by atoms with Crippen LogP contribution in [0.25, 0.3) is 11.4 Å². The van der Waals surface area contributed by atoms with E-state index in [-0.39, 0.29) is 31.3 Å². The van der Waals surface area contributed by atoms with Crippen LogP contribution in [0.5, 0.6) is 0 Å². The van der Waals surface area contributed by atoms with E-state index in [1.807, 2.05) is 36.4 Å². The number of hydrogen-bond acceptors (Lipinski definition) is 7. The smallest absolute Gasteiger partial charge is 0.307 e. The molecule has 1 aromatic carbocycles. The predicted octanol–water partition coefficient (Wildman–Crippen LogP) is 2.66. The number of aromatic nitrogens is 3. The molecule has 0 unspecified atom stereocenters. The lowest BCUT2D eigenvalue weighted by Gasteiger charge is -2.22. The number of methoxy groups -OCH3 is 1. The van der Waals surface area contributed by atoms with Crippen LogP contribution in [-0.4, -0.2) is 45.6 Å². The van der Waals surface area contributed by atoms with Crippen molar-refractivity contribution in [3.05, 3.63) is 66.3 Å². The Kier molecular flexibility index (Phi) is 7.05. The van der Waals surface area contributed by atoms with Crippen molar-refractivity contribution in [1.82, 2.24) is 20.0 Å². The first-order valence-electron chi connectivity index (χ1n) is 9.27. The maximum Gasteiger partial charge on any atom is 0.307 e. The number of ether oxygens (including phenoxy) is 1. The maximum atomic E-state index is 12.8. The standard InChI is InChI=1S/C21H22N4O4/c1-28-20(27)11-13-25(15-16-6-3-2-4-7-16)19(26)10-9-18-23-21(24-29-18)17-8-5-12-22-14-17/h2-8,12,14H,9-11,13,15H2,1H3. The van der Waals surface area contributed by atoms with E-state index in [1.54, 1.807) is 23.4 Å². The number of amides is 1. The molecule has 0 saturated heterocycles. The lowest BCUT2D eigenvalue weighted by molar-refractivity contribution is -0.142. The monoisotopic (exact) mass is 394 g/mol. The van der Waals surface area contributed by atoms with Crippen molar-refractivity contribution in [3.63, 3.8) is 0 Å². The Balaban J connectivity index is 1.61. The van der Waals surface area contributed by atoms with Crippen LogP contribution in [0.3, 0.4) is 0 Å². The van der Waals surface area contributed by atoms with E-state index in [0.717, 1.165) is 11.1 Å². The quantitative estimate of drug-likeness (QED) is 0.515. The molecule has 0 radical (unpaired) electrons. The normalized spacial score (nSPS) is 10.5. The van der Waals surface area contributed by atoms with Crippen LogP contribution in [0.4, 0.5) is 0 Å². The highest BCUT2D eigenvalue weighted by Crippen LogP contribution is 2.15. The van der Waals surface area contributed by atoms with Crippen molar-refractivity contribution in [3.8, 4) is 11.4 Å². The first-order valence-corrected chi connectivity index (χ1v) is 9.27. The number of esters is 1. The molecule has 0 aliphatic carbocycles. The van der Waals surface area contributed by atoms with E-state index in [1.165, 1.54) is 7.11 Å². The minimum atomic E-state index is -0.353. The Morgan fingerprint density at radius 1 is 1.10 bits per heavy atom. The molecule has 0 aliphatic heterocycles. The fourth-order valence-electron chi connectivity index (χ4n) is 2.76. The topological polar surface area (TPSA) is 98.4 Å². The third-order valence-electron chi connectivity index (χ3n) is 4.32. The summed E-state index contributed by atoms with van der Waals surface area (Å²) in [6, 6.07) is 13.2. The summed E-state index contributed by atoms with van der Waals surface area (Å²) < 4.78 is 9.94. The summed E-state index contributed by atoms with van der Waals surface area (Å²) in [5.74, 6) is 0.366. The Bertz CT molecular complexity index is 928. The summed E-state index contributed by atoms with van der Waals surface area (Å²) in [6.45, 7) is 0.701. The Morgan fingerprint density at radius 2 is 1.93 bits per heavy atom. The zero-order valence-corrected chi connectivity index (χ0v) is 16.2. The van der Waals surface area contributed by atoms with Crippen molar-refractivity contribution in [2.75, 3.05) is 13.7 Å². The highest BCUT2D eigenvalue weighted by atomic mass is 16.5. The molecule has 0 N–H and O–H groups in total. The van der Waals surface area contributed by atoms with Gasteiger partial charge in [0.2, 0.25) is 17.6 Å². The number of aryl methyl sites for hydroxylation is 1. The second kappa shape index (κ2) is 10.1. The summed E-state index contributed by atoms with van der Waals surface area (Å²) in [4.78, 5) is 34.3. The predicted molar refractivity (Wildman–Crippen MR) is 104 cm³/mol. The van der Waals surface area contributed by atoms with Gasteiger partial charge in [-0.3, -0.25) is 14.6 Å². The number of benzene rings is 1. The minimum absolute atomic E-state index is 0.0983. The summed E-state index contributed by atoms with van der Waals surface area (Å²) in [5, 5.41) is 3.94. The van der Waals surface area contributed by atoms with Crippen LogP contribution in [-0.2, 0) is 27.3 Å². The molecular weight excluding hydrogens is 372 g/mol. The van der Waals surface area contributed by atoms with Crippen molar-refractivity contribution in [2.24, 2.45) is 0 Å². The third-order valence-corrected chi connectivity index (χ3v) is 4.32. The molecule has 8 heteroatoms. The molecule has 2 aromatic heterocycles. The summed E-state index contributed by atoms with van der Waals surface area (Å²) >= 11 is 0. The molecule has 2 heterocycles. The van der Waals surface area contributed by atoms with Crippen molar-refractivity contribution < 1.29 is 18.8 Å². The lowest BCUT2D eigenvalue weighted by Crippen LogP contribution is -2.33. The summed E-state index contributed by atoms with van der Waals surface area (Å²) in [6.07, 6.45) is 3.96. The number of carbonyl (C=O) groups is 2. The fourth-order valence-corrected chi connectivity index (χ4v) is 2.76. The number of rotatable bonds is 9. The van der Waals surface area contributed by atoms with Gasteiger partial charge in [-0.1, -0.05) is 35.5 Å². The molecule has 0 bridgehead atoms. The van der Waals surface area contributed by atoms with Crippen molar-refractivity contribution in [2.45, 2.75) is 25.8 Å². The van der Waals surface area contributed by atoms with Crippen LogP contribution >= 0.6 is 0 Å². The SMILES string of the molecule is COC(=O)CCN(Cc1ccccc1)C(=O)CCc1nc(-c2cccnc2)no1. The Morgan fingerprint density at radius 3 is 2.66 bits per heavy atom. The van der Waals surface area contributed by atoms with Crippen molar-refractivity contribution in [1.29, 1.82) is 0 Å². The van der Waals surface area contributed by atoms with Gasteiger partial charge in [0.05, 0.1) is 13.5 Å². The molecule has 3 aromatic rings. The molecule has 150 valence electrons. The Hall–Kier alpha value is -3.55. The van der Waals surface area contributed by atoms with Crippen LogP contribution in [0.2, 0.25) is 0 Å². The van der Waals surface area contributed by atoms with Gasteiger partial charge in [-0.15, -0.1) is 0 Å². The molecule has 0 saturated carbocycles. The van der Waals surface area contributed by atoms with E-state index in [4.69, 9.17) is 4.52 Å². The summed E-state index contributed by atoms with van der Waals surface area (Å²) in [7, 11) is 1.33. The minimum Gasteiger partial charge on any atom is -0.469 e. The zero-order valence-electron chi connectivity index (χ0n) is 16.2. The number of carbonyl (C=O) groups excluding carboxylic acids is 2. The van der Waals surface area contributed by atoms with E-state index < -0.39 is 0 Å². The van der Waals surface area contributed by atoms with E-state index >= 15 is 0 Å². The first-order chi connectivity index (χ1) is 14.2. The number of pyridine rings is 1.